The molecular weight excluding hydrogens is 295 g/mol. The number of carbonyl (C=O) groups excluding carboxylic acids is 1. The van der Waals surface area contributed by atoms with Crippen LogP contribution in [0, 0.1) is 0 Å². The van der Waals surface area contributed by atoms with Gasteiger partial charge in [0.25, 0.3) is 0 Å². The summed E-state index contributed by atoms with van der Waals surface area (Å²) in [5.41, 5.74) is 7.06. The fraction of sp³-hybridized carbons (Fsp3) is 0.562. The van der Waals surface area contributed by atoms with Crippen molar-refractivity contribution in [1.29, 1.82) is 0 Å². The Morgan fingerprint density at radius 2 is 2.04 bits per heavy atom. The molecule has 2 aliphatic rings. The highest BCUT2D eigenvalue weighted by molar-refractivity contribution is 6.62. The monoisotopic (exact) mass is 318 g/mol. The summed E-state index contributed by atoms with van der Waals surface area (Å²) in [5, 5.41) is 10.2. The lowest BCUT2D eigenvalue weighted by Crippen LogP contribution is -2.47. The van der Waals surface area contributed by atoms with Crippen LogP contribution >= 0.6 is 0 Å². The van der Waals surface area contributed by atoms with Crippen LogP contribution < -0.4 is 11.2 Å². The standard InChI is InChI=1S/C16H23BN2O4/c1-15(2,3)22-14(20)19-8-6-16(7-9-19)12-5-4-11(18)10-13(12)17(21)23-16/h4-5,10,21H,6-9,18H2,1-3H3. The zero-order valence-electron chi connectivity index (χ0n) is 13.8. The summed E-state index contributed by atoms with van der Waals surface area (Å²) < 4.78 is 11.3. The van der Waals surface area contributed by atoms with Gasteiger partial charge in [0.15, 0.2) is 0 Å². The summed E-state index contributed by atoms with van der Waals surface area (Å²) in [4.78, 5) is 13.9. The highest BCUT2D eigenvalue weighted by Crippen LogP contribution is 2.40. The molecule has 1 amide bonds. The summed E-state index contributed by atoms with van der Waals surface area (Å²) in [5.74, 6) is 0. The van der Waals surface area contributed by atoms with E-state index in [9.17, 15) is 9.82 Å². The molecule has 0 bridgehead atoms. The predicted octanol–water partition coefficient (Wildman–Crippen LogP) is 1.21. The summed E-state index contributed by atoms with van der Waals surface area (Å²) in [6.07, 6.45) is 0.948. The van der Waals surface area contributed by atoms with E-state index in [1.54, 1.807) is 11.0 Å². The molecule has 0 atom stereocenters. The minimum Gasteiger partial charge on any atom is -0.444 e. The lowest BCUT2D eigenvalue weighted by atomic mass is 9.76. The Kier molecular flexibility index (Phi) is 3.81. The molecule has 0 radical (unpaired) electrons. The second-order valence-corrected chi connectivity index (χ2v) is 7.28. The van der Waals surface area contributed by atoms with Gasteiger partial charge in [-0.2, -0.15) is 0 Å². The molecule has 1 spiro atoms. The van der Waals surface area contributed by atoms with Crippen molar-refractivity contribution in [3.05, 3.63) is 23.8 Å². The molecule has 23 heavy (non-hydrogen) atoms. The van der Waals surface area contributed by atoms with Gasteiger partial charge in [-0.15, -0.1) is 0 Å². The molecule has 1 saturated heterocycles. The molecule has 6 nitrogen and oxygen atoms in total. The number of carbonyl (C=O) groups is 1. The first-order valence-electron chi connectivity index (χ1n) is 7.94. The average Bonchev–Trinajstić information content (AvgIpc) is 2.70. The van der Waals surface area contributed by atoms with Gasteiger partial charge in [0, 0.05) is 18.8 Å². The Morgan fingerprint density at radius 1 is 1.39 bits per heavy atom. The van der Waals surface area contributed by atoms with Gasteiger partial charge >= 0.3 is 13.2 Å². The fourth-order valence-corrected chi connectivity index (χ4v) is 3.31. The third-order valence-corrected chi connectivity index (χ3v) is 4.39. The zero-order chi connectivity index (χ0) is 16.8. The number of benzene rings is 1. The number of hydrogen-bond donors (Lipinski definition) is 2. The van der Waals surface area contributed by atoms with Crippen molar-refractivity contribution in [3.8, 4) is 0 Å². The van der Waals surface area contributed by atoms with Crippen molar-refractivity contribution >= 4 is 24.4 Å². The zero-order valence-corrected chi connectivity index (χ0v) is 13.8. The minimum atomic E-state index is -0.957. The van der Waals surface area contributed by atoms with Gasteiger partial charge in [-0.3, -0.25) is 0 Å². The third-order valence-electron chi connectivity index (χ3n) is 4.39. The maximum atomic E-state index is 12.2. The molecule has 7 heteroatoms. The number of nitrogens with zero attached hydrogens (tertiary/aromatic N) is 1. The number of amides is 1. The molecule has 2 aliphatic heterocycles. The van der Waals surface area contributed by atoms with E-state index in [1.165, 1.54) is 0 Å². The number of likely N-dealkylation sites (tertiary alicyclic amines) is 1. The quantitative estimate of drug-likeness (QED) is 0.555. The Hall–Kier alpha value is -1.73. The number of piperidine rings is 1. The van der Waals surface area contributed by atoms with Crippen LogP contribution in [0.25, 0.3) is 0 Å². The summed E-state index contributed by atoms with van der Waals surface area (Å²) in [7, 11) is -0.957. The molecule has 0 unspecified atom stereocenters. The van der Waals surface area contributed by atoms with Gasteiger partial charge in [0.1, 0.15) is 5.60 Å². The largest absolute Gasteiger partial charge is 0.492 e. The van der Waals surface area contributed by atoms with E-state index >= 15 is 0 Å². The van der Waals surface area contributed by atoms with Crippen molar-refractivity contribution in [1.82, 2.24) is 4.90 Å². The van der Waals surface area contributed by atoms with Crippen molar-refractivity contribution in [2.75, 3.05) is 18.8 Å². The summed E-state index contributed by atoms with van der Waals surface area (Å²) in [6, 6.07) is 5.50. The minimum absolute atomic E-state index is 0.302. The molecule has 2 heterocycles. The molecular formula is C16H23BN2O4. The van der Waals surface area contributed by atoms with Crippen LogP contribution in [0.3, 0.4) is 0 Å². The smallest absolute Gasteiger partial charge is 0.444 e. The number of anilines is 1. The number of hydrogen-bond acceptors (Lipinski definition) is 5. The number of ether oxygens (including phenoxy) is 1. The van der Waals surface area contributed by atoms with Crippen molar-refractivity contribution < 1.29 is 19.2 Å². The highest BCUT2D eigenvalue weighted by atomic mass is 16.6. The number of nitrogens with two attached hydrogens (primary N) is 1. The van der Waals surface area contributed by atoms with E-state index in [2.05, 4.69) is 0 Å². The maximum Gasteiger partial charge on any atom is 0.492 e. The van der Waals surface area contributed by atoms with Crippen molar-refractivity contribution in [2.45, 2.75) is 44.8 Å². The van der Waals surface area contributed by atoms with E-state index < -0.39 is 18.3 Å². The van der Waals surface area contributed by atoms with Crippen LogP contribution in [0.4, 0.5) is 10.5 Å². The normalized spacial score (nSPS) is 19.8. The molecule has 0 aliphatic carbocycles. The van der Waals surface area contributed by atoms with E-state index in [0.717, 1.165) is 11.0 Å². The summed E-state index contributed by atoms with van der Waals surface area (Å²) >= 11 is 0. The van der Waals surface area contributed by atoms with Gasteiger partial charge in [-0.1, -0.05) is 6.07 Å². The molecule has 1 aromatic rings. The van der Waals surface area contributed by atoms with Gasteiger partial charge < -0.3 is 25.0 Å². The first-order chi connectivity index (χ1) is 10.7. The predicted molar refractivity (Wildman–Crippen MR) is 88.3 cm³/mol. The Balaban J connectivity index is 1.74. The van der Waals surface area contributed by atoms with Gasteiger partial charge in [-0.25, -0.2) is 4.79 Å². The highest BCUT2D eigenvalue weighted by Gasteiger charge is 2.49. The first-order valence-corrected chi connectivity index (χ1v) is 7.94. The van der Waals surface area contributed by atoms with E-state index in [-0.39, 0.29) is 6.09 Å². The van der Waals surface area contributed by atoms with Crippen molar-refractivity contribution in [2.24, 2.45) is 0 Å². The second-order valence-electron chi connectivity index (χ2n) is 7.28. The van der Waals surface area contributed by atoms with Crippen LogP contribution in [0.2, 0.25) is 0 Å². The lowest BCUT2D eigenvalue weighted by Gasteiger charge is -2.40. The Labute approximate surface area is 136 Å². The lowest BCUT2D eigenvalue weighted by molar-refractivity contribution is -0.0219. The molecule has 3 rings (SSSR count). The molecule has 0 aromatic heterocycles. The van der Waals surface area contributed by atoms with Crippen LogP contribution in [0.15, 0.2) is 18.2 Å². The van der Waals surface area contributed by atoms with Gasteiger partial charge in [-0.05, 0) is 56.8 Å². The van der Waals surface area contributed by atoms with Crippen LogP contribution in [-0.4, -0.2) is 41.8 Å². The van der Waals surface area contributed by atoms with E-state index in [0.29, 0.717) is 31.6 Å². The van der Waals surface area contributed by atoms with Gasteiger partial charge in [0.05, 0.1) is 5.60 Å². The molecule has 1 aromatic carbocycles. The first kappa shape index (κ1) is 16.1. The topological polar surface area (TPSA) is 85.0 Å². The molecule has 124 valence electrons. The SMILES string of the molecule is CC(C)(C)OC(=O)N1CCC2(CC1)OB(O)c1cc(N)ccc12. The maximum absolute atomic E-state index is 12.2. The van der Waals surface area contributed by atoms with Crippen LogP contribution in [0.5, 0.6) is 0 Å². The Morgan fingerprint density at radius 3 is 2.65 bits per heavy atom. The van der Waals surface area contributed by atoms with Gasteiger partial charge in [0.2, 0.25) is 0 Å². The number of nitrogen functional groups attached to an aromatic ring is 1. The molecule has 1 fully saturated rings. The third kappa shape index (κ3) is 3.03. The number of rotatable bonds is 0. The molecule has 3 N–H and O–H groups in total. The van der Waals surface area contributed by atoms with E-state index in [1.807, 2.05) is 32.9 Å². The fourth-order valence-electron chi connectivity index (χ4n) is 3.31. The van der Waals surface area contributed by atoms with Crippen LogP contribution in [0.1, 0.15) is 39.2 Å². The Bertz CT molecular complexity index is 621. The summed E-state index contributed by atoms with van der Waals surface area (Å²) in [6.45, 7) is 6.63. The van der Waals surface area contributed by atoms with Crippen molar-refractivity contribution in [3.63, 3.8) is 0 Å². The molecule has 0 saturated carbocycles. The van der Waals surface area contributed by atoms with Crippen LogP contribution in [-0.2, 0) is 15.0 Å². The second kappa shape index (κ2) is 5.42. The number of fused-ring (bicyclic) bond motifs is 2. The van der Waals surface area contributed by atoms with E-state index in [4.69, 9.17) is 15.1 Å². The average molecular weight is 318 g/mol.